The summed E-state index contributed by atoms with van der Waals surface area (Å²) in [5.74, 6) is 0.458. The van der Waals surface area contributed by atoms with Crippen LogP contribution in [0, 0.1) is 0 Å². The van der Waals surface area contributed by atoms with E-state index in [9.17, 15) is 4.79 Å². The molecular weight excluding hydrogens is 304 g/mol. The number of rotatable bonds is 2. The molecule has 0 aliphatic carbocycles. The van der Waals surface area contributed by atoms with Gasteiger partial charge in [-0.25, -0.2) is 9.78 Å². The van der Waals surface area contributed by atoms with Crippen molar-refractivity contribution in [2.45, 2.75) is 26.4 Å². The molecule has 1 N–H and O–H groups in total. The average molecular weight is 324 g/mol. The maximum Gasteiger partial charge on any atom is 0.413 e. The number of aryl methyl sites for hydroxylation is 1. The Balaban J connectivity index is 1.88. The number of nitrogens with one attached hydrogen (secondary N) is 1. The summed E-state index contributed by atoms with van der Waals surface area (Å²) < 4.78 is 7.01. The van der Waals surface area contributed by atoms with E-state index >= 15 is 0 Å². The van der Waals surface area contributed by atoms with Crippen molar-refractivity contribution in [3.05, 3.63) is 42.9 Å². The quantitative estimate of drug-likeness (QED) is 0.774. The standard InChI is InChI=1S/C18H20N4O2/c1-18(2,3)24-17(23)21-16-8-14-7-12(5-6-13(14)9-19-16)15-10-20-22(4)11-15/h5-11H,1-4H3,(H,19,21,23). The van der Waals surface area contributed by atoms with Crippen molar-refractivity contribution < 1.29 is 9.53 Å². The third-order valence-corrected chi connectivity index (χ3v) is 3.39. The molecule has 6 heteroatoms. The fourth-order valence-electron chi connectivity index (χ4n) is 2.37. The van der Waals surface area contributed by atoms with Crippen LogP contribution in [0.15, 0.2) is 42.9 Å². The molecule has 1 aromatic carbocycles. The van der Waals surface area contributed by atoms with Crippen molar-refractivity contribution in [3.8, 4) is 11.1 Å². The van der Waals surface area contributed by atoms with Gasteiger partial charge in [-0.3, -0.25) is 10.00 Å². The predicted octanol–water partition coefficient (Wildman–Crippen LogP) is 3.98. The van der Waals surface area contributed by atoms with Gasteiger partial charge in [0.1, 0.15) is 11.4 Å². The lowest BCUT2D eigenvalue weighted by molar-refractivity contribution is 0.0635. The summed E-state index contributed by atoms with van der Waals surface area (Å²) in [6, 6.07) is 7.91. The molecule has 0 fully saturated rings. The van der Waals surface area contributed by atoms with Crippen LogP contribution in [0.1, 0.15) is 20.8 Å². The number of anilines is 1. The van der Waals surface area contributed by atoms with E-state index < -0.39 is 11.7 Å². The Kier molecular flexibility index (Phi) is 3.97. The summed E-state index contributed by atoms with van der Waals surface area (Å²) in [6.45, 7) is 5.46. The largest absolute Gasteiger partial charge is 0.444 e. The lowest BCUT2D eigenvalue weighted by atomic mass is 10.1. The summed E-state index contributed by atoms with van der Waals surface area (Å²) in [5.41, 5.74) is 1.55. The van der Waals surface area contributed by atoms with Crippen molar-refractivity contribution in [1.29, 1.82) is 0 Å². The Labute approximate surface area is 140 Å². The normalized spacial score (nSPS) is 11.5. The maximum absolute atomic E-state index is 11.9. The molecule has 6 nitrogen and oxygen atoms in total. The number of carbonyl (C=O) groups is 1. The SMILES string of the molecule is Cn1cc(-c2ccc3cnc(NC(=O)OC(C)(C)C)cc3c2)cn1. The van der Waals surface area contributed by atoms with E-state index in [4.69, 9.17) is 4.74 Å². The minimum Gasteiger partial charge on any atom is -0.444 e. The van der Waals surface area contributed by atoms with Crippen LogP contribution in [0.2, 0.25) is 0 Å². The second-order valence-corrected chi connectivity index (χ2v) is 6.66. The van der Waals surface area contributed by atoms with Crippen LogP contribution in [0.5, 0.6) is 0 Å². The van der Waals surface area contributed by atoms with Gasteiger partial charge in [-0.05, 0) is 43.9 Å². The third kappa shape index (κ3) is 3.71. The Bertz CT molecular complexity index is 893. The molecule has 0 radical (unpaired) electrons. The number of nitrogens with zero attached hydrogens (tertiary/aromatic N) is 3. The highest BCUT2D eigenvalue weighted by Crippen LogP contribution is 2.25. The molecule has 2 heterocycles. The van der Waals surface area contributed by atoms with Gasteiger partial charge in [0.05, 0.1) is 6.20 Å². The number of aromatic nitrogens is 3. The van der Waals surface area contributed by atoms with Gasteiger partial charge < -0.3 is 4.74 Å². The van der Waals surface area contributed by atoms with Crippen molar-refractivity contribution >= 4 is 22.7 Å². The fraction of sp³-hybridized carbons (Fsp3) is 0.278. The molecule has 3 rings (SSSR count). The molecule has 2 aromatic heterocycles. The summed E-state index contributed by atoms with van der Waals surface area (Å²) in [4.78, 5) is 16.1. The van der Waals surface area contributed by atoms with Gasteiger partial charge in [0.15, 0.2) is 0 Å². The van der Waals surface area contributed by atoms with E-state index in [-0.39, 0.29) is 0 Å². The van der Waals surface area contributed by atoms with Crippen molar-refractivity contribution in [1.82, 2.24) is 14.8 Å². The second kappa shape index (κ2) is 5.96. The van der Waals surface area contributed by atoms with E-state index in [1.54, 1.807) is 10.9 Å². The second-order valence-electron chi connectivity index (χ2n) is 6.66. The fourth-order valence-corrected chi connectivity index (χ4v) is 2.37. The van der Waals surface area contributed by atoms with E-state index in [0.29, 0.717) is 5.82 Å². The first-order valence-electron chi connectivity index (χ1n) is 7.69. The van der Waals surface area contributed by atoms with Gasteiger partial charge >= 0.3 is 6.09 Å². The number of amides is 1. The predicted molar refractivity (Wildman–Crippen MR) is 93.8 cm³/mol. The number of pyridine rings is 1. The van der Waals surface area contributed by atoms with E-state index in [1.165, 1.54) is 0 Å². The zero-order valence-corrected chi connectivity index (χ0v) is 14.2. The summed E-state index contributed by atoms with van der Waals surface area (Å²) in [5, 5.41) is 8.84. The Hall–Kier alpha value is -2.89. The Morgan fingerprint density at radius 1 is 1.12 bits per heavy atom. The zero-order valence-electron chi connectivity index (χ0n) is 14.2. The molecule has 0 spiro atoms. The van der Waals surface area contributed by atoms with Crippen molar-refractivity contribution in [3.63, 3.8) is 0 Å². The number of fused-ring (bicyclic) bond motifs is 1. The van der Waals surface area contributed by atoms with E-state index in [0.717, 1.165) is 21.9 Å². The zero-order chi connectivity index (χ0) is 17.3. The maximum atomic E-state index is 11.9. The first-order valence-corrected chi connectivity index (χ1v) is 7.69. The van der Waals surface area contributed by atoms with Gasteiger partial charge in [-0.1, -0.05) is 12.1 Å². The minimum absolute atomic E-state index is 0.458. The lowest BCUT2D eigenvalue weighted by Crippen LogP contribution is -2.27. The molecule has 0 aliphatic heterocycles. The topological polar surface area (TPSA) is 69.0 Å². The summed E-state index contributed by atoms with van der Waals surface area (Å²) in [7, 11) is 1.89. The highest BCUT2D eigenvalue weighted by molar-refractivity contribution is 5.91. The molecular formula is C18H20N4O2. The molecule has 24 heavy (non-hydrogen) atoms. The van der Waals surface area contributed by atoms with Crippen LogP contribution in [-0.2, 0) is 11.8 Å². The number of ether oxygens (including phenoxy) is 1. The summed E-state index contributed by atoms with van der Waals surface area (Å²) in [6.07, 6.45) is 5.00. The number of hydrogen-bond acceptors (Lipinski definition) is 4. The molecule has 0 bridgehead atoms. The molecule has 3 aromatic rings. The van der Waals surface area contributed by atoms with E-state index in [2.05, 4.69) is 15.4 Å². The van der Waals surface area contributed by atoms with Crippen LogP contribution < -0.4 is 5.32 Å². The van der Waals surface area contributed by atoms with Crippen LogP contribution in [-0.4, -0.2) is 26.5 Å². The number of hydrogen-bond donors (Lipinski definition) is 1. The Morgan fingerprint density at radius 2 is 1.92 bits per heavy atom. The van der Waals surface area contributed by atoms with Crippen LogP contribution in [0.3, 0.4) is 0 Å². The van der Waals surface area contributed by atoms with Crippen molar-refractivity contribution in [2.75, 3.05) is 5.32 Å². The monoisotopic (exact) mass is 324 g/mol. The molecule has 0 saturated carbocycles. The highest BCUT2D eigenvalue weighted by Gasteiger charge is 2.16. The highest BCUT2D eigenvalue weighted by atomic mass is 16.6. The molecule has 0 aliphatic rings. The summed E-state index contributed by atoms with van der Waals surface area (Å²) >= 11 is 0. The Morgan fingerprint density at radius 3 is 2.58 bits per heavy atom. The molecule has 124 valence electrons. The van der Waals surface area contributed by atoms with E-state index in [1.807, 2.05) is 64.5 Å². The van der Waals surface area contributed by atoms with Gasteiger partial charge in [-0.15, -0.1) is 0 Å². The first-order chi connectivity index (χ1) is 11.3. The molecule has 0 atom stereocenters. The number of carbonyl (C=O) groups excluding carboxylic acids is 1. The molecule has 1 amide bonds. The molecule has 0 unspecified atom stereocenters. The van der Waals surface area contributed by atoms with Gasteiger partial charge in [0.2, 0.25) is 0 Å². The molecule has 0 saturated heterocycles. The first kappa shape index (κ1) is 16.0. The van der Waals surface area contributed by atoms with Crippen LogP contribution in [0.25, 0.3) is 21.9 Å². The third-order valence-electron chi connectivity index (χ3n) is 3.39. The van der Waals surface area contributed by atoms with Crippen LogP contribution in [0.4, 0.5) is 10.6 Å². The number of benzene rings is 1. The van der Waals surface area contributed by atoms with Crippen LogP contribution >= 0.6 is 0 Å². The van der Waals surface area contributed by atoms with Gasteiger partial charge in [0, 0.05) is 30.4 Å². The average Bonchev–Trinajstić information content (AvgIpc) is 2.91. The van der Waals surface area contributed by atoms with Crippen molar-refractivity contribution in [2.24, 2.45) is 7.05 Å². The lowest BCUT2D eigenvalue weighted by Gasteiger charge is -2.19. The van der Waals surface area contributed by atoms with Gasteiger partial charge in [-0.2, -0.15) is 5.10 Å². The minimum atomic E-state index is -0.547. The van der Waals surface area contributed by atoms with Gasteiger partial charge in [0.25, 0.3) is 0 Å². The smallest absolute Gasteiger partial charge is 0.413 e.